The number of hydrogen-bond acceptors (Lipinski definition) is 2. The minimum Gasteiger partial charge on any atom is -0.356 e. The SMILES string of the molecule is CCCCCCCCCCC(CCCCCCCCCC)C(=O)NCCCCCNC(=O)C(CCCCCCCCCC)CCCCCCCCCC. The van der Waals surface area contributed by atoms with Gasteiger partial charge in [-0.15, -0.1) is 0 Å². The molecule has 0 aromatic rings. The standard InChI is InChI=1S/C49H98N2O2/c1-5-9-13-17-21-25-29-34-40-46(41-35-30-26-22-18-14-10-6-2)48(52)50-44-38-33-39-45-51-49(53)47(42-36-31-27-23-19-15-11-7-3)43-37-32-28-24-20-16-12-8-4/h46-47H,5-45H2,1-4H3,(H,50,52)(H,51,53). The van der Waals surface area contributed by atoms with Gasteiger partial charge in [0.25, 0.3) is 0 Å². The van der Waals surface area contributed by atoms with Crippen molar-refractivity contribution in [3.05, 3.63) is 0 Å². The van der Waals surface area contributed by atoms with Crippen LogP contribution in [-0.4, -0.2) is 24.9 Å². The Balaban J connectivity index is 4.49. The van der Waals surface area contributed by atoms with Crippen LogP contribution in [0.5, 0.6) is 0 Å². The molecular weight excluding hydrogens is 649 g/mol. The van der Waals surface area contributed by atoms with E-state index in [-0.39, 0.29) is 11.8 Å². The summed E-state index contributed by atoms with van der Waals surface area (Å²) in [6, 6.07) is 0. The van der Waals surface area contributed by atoms with Crippen LogP contribution in [0.15, 0.2) is 0 Å². The van der Waals surface area contributed by atoms with Crippen LogP contribution >= 0.6 is 0 Å². The molecule has 0 spiro atoms. The molecule has 0 aliphatic carbocycles. The zero-order valence-corrected chi connectivity index (χ0v) is 37.0. The molecule has 0 bridgehead atoms. The predicted octanol–water partition coefficient (Wildman–Crippen LogP) is 15.7. The third kappa shape index (κ3) is 37.6. The first-order chi connectivity index (χ1) is 26.1. The van der Waals surface area contributed by atoms with Crippen LogP contribution in [0.25, 0.3) is 0 Å². The second-order valence-electron chi connectivity index (χ2n) is 17.1. The fourth-order valence-electron chi connectivity index (χ4n) is 8.05. The van der Waals surface area contributed by atoms with E-state index >= 15 is 0 Å². The van der Waals surface area contributed by atoms with Crippen LogP contribution in [0, 0.1) is 11.8 Å². The van der Waals surface area contributed by atoms with Crippen LogP contribution in [0.2, 0.25) is 0 Å². The largest absolute Gasteiger partial charge is 0.356 e. The first kappa shape index (κ1) is 51.9. The maximum Gasteiger partial charge on any atom is 0.223 e. The maximum absolute atomic E-state index is 13.3. The van der Waals surface area contributed by atoms with Gasteiger partial charge in [0.2, 0.25) is 11.8 Å². The Labute approximate surface area is 334 Å². The molecule has 4 nitrogen and oxygen atoms in total. The van der Waals surface area contributed by atoms with E-state index < -0.39 is 0 Å². The number of rotatable bonds is 44. The average Bonchev–Trinajstić information content (AvgIpc) is 3.16. The molecule has 0 aliphatic rings. The lowest BCUT2D eigenvalue weighted by Crippen LogP contribution is -2.32. The molecule has 0 fully saturated rings. The van der Waals surface area contributed by atoms with Gasteiger partial charge in [-0.2, -0.15) is 0 Å². The van der Waals surface area contributed by atoms with E-state index in [1.165, 1.54) is 205 Å². The van der Waals surface area contributed by atoms with Crippen molar-refractivity contribution in [2.45, 2.75) is 278 Å². The van der Waals surface area contributed by atoms with Crippen LogP contribution in [-0.2, 0) is 9.59 Å². The number of carbonyl (C=O) groups is 2. The number of nitrogens with one attached hydrogen (secondary N) is 2. The highest BCUT2D eigenvalue weighted by molar-refractivity contribution is 5.79. The molecule has 0 saturated heterocycles. The zero-order valence-electron chi connectivity index (χ0n) is 37.0. The van der Waals surface area contributed by atoms with Gasteiger partial charge in [0.15, 0.2) is 0 Å². The van der Waals surface area contributed by atoms with Crippen LogP contribution in [0.3, 0.4) is 0 Å². The third-order valence-electron chi connectivity index (χ3n) is 11.8. The molecule has 0 atom stereocenters. The van der Waals surface area contributed by atoms with Gasteiger partial charge in [0.1, 0.15) is 0 Å². The van der Waals surface area contributed by atoms with Gasteiger partial charge in [-0.25, -0.2) is 0 Å². The molecular formula is C49H98N2O2. The summed E-state index contributed by atoms with van der Waals surface area (Å²) in [4.78, 5) is 26.6. The summed E-state index contributed by atoms with van der Waals surface area (Å²) in [6.45, 7) is 10.7. The van der Waals surface area contributed by atoms with Crippen molar-refractivity contribution in [1.29, 1.82) is 0 Å². The van der Waals surface area contributed by atoms with E-state index in [0.29, 0.717) is 11.8 Å². The quantitative estimate of drug-likeness (QED) is 0.0610. The lowest BCUT2D eigenvalue weighted by Gasteiger charge is -2.18. The molecule has 0 unspecified atom stereocenters. The van der Waals surface area contributed by atoms with Crippen LogP contribution in [0.1, 0.15) is 278 Å². The molecule has 0 heterocycles. The second-order valence-corrected chi connectivity index (χ2v) is 17.1. The van der Waals surface area contributed by atoms with Crippen molar-refractivity contribution in [3.8, 4) is 0 Å². The Morgan fingerprint density at radius 2 is 0.472 bits per heavy atom. The van der Waals surface area contributed by atoms with Gasteiger partial charge in [-0.3, -0.25) is 9.59 Å². The molecule has 2 amide bonds. The molecule has 0 saturated carbocycles. The van der Waals surface area contributed by atoms with Crippen molar-refractivity contribution >= 4 is 11.8 Å². The van der Waals surface area contributed by atoms with E-state index in [1.54, 1.807) is 0 Å². The minimum absolute atomic E-state index is 0.188. The Hall–Kier alpha value is -1.06. The number of carbonyl (C=O) groups excluding carboxylic acids is 2. The molecule has 0 radical (unpaired) electrons. The predicted molar refractivity (Wildman–Crippen MR) is 236 cm³/mol. The number of unbranched alkanes of at least 4 members (excludes halogenated alkanes) is 30. The van der Waals surface area contributed by atoms with E-state index in [9.17, 15) is 9.59 Å². The Morgan fingerprint density at radius 1 is 0.283 bits per heavy atom. The monoisotopic (exact) mass is 747 g/mol. The molecule has 0 rings (SSSR count). The fourth-order valence-corrected chi connectivity index (χ4v) is 8.05. The van der Waals surface area contributed by atoms with Gasteiger partial charge in [0.05, 0.1) is 0 Å². The van der Waals surface area contributed by atoms with E-state index in [1.807, 2.05) is 0 Å². The summed E-state index contributed by atoms with van der Waals surface area (Å²) in [5, 5.41) is 6.64. The fraction of sp³-hybridized carbons (Fsp3) is 0.959. The smallest absolute Gasteiger partial charge is 0.223 e. The summed E-state index contributed by atoms with van der Waals surface area (Å²) < 4.78 is 0. The van der Waals surface area contributed by atoms with Crippen molar-refractivity contribution in [3.63, 3.8) is 0 Å². The highest BCUT2D eigenvalue weighted by atomic mass is 16.2. The molecule has 0 aromatic heterocycles. The summed E-state index contributed by atoms with van der Waals surface area (Å²) in [7, 11) is 0. The topological polar surface area (TPSA) is 58.2 Å². The van der Waals surface area contributed by atoms with E-state index in [0.717, 1.165) is 58.0 Å². The number of amides is 2. The summed E-state index contributed by atoms with van der Waals surface area (Å²) in [5.41, 5.74) is 0. The maximum atomic E-state index is 13.3. The highest BCUT2D eigenvalue weighted by Crippen LogP contribution is 2.22. The van der Waals surface area contributed by atoms with Crippen LogP contribution in [0.4, 0.5) is 0 Å². The first-order valence-electron chi connectivity index (χ1n) is 24.7. The Morgan fingerprint density at radius 3 is 0.698 bits per heavy atom. The zero-order chi connectivity index (χ0) is 38.7. The second kappa shape index (κ2) is 43.7. The van der Waals surface area contributed by atoms with Gasteiger partial charge in [0, 0.05) is 24.9 Å². The molecule has 316 valence electrons. The third-order valence-corrected chi connectivity index (χ3v) is 11.8. The molecule has 53 heavy (non-hydrogen) atoms. The molecule has 4 heteroatoms. The van der Waals surface area contributed by atoms with E-state index in [2.05, 4.69) is 38.3 Å². The number of hydrogen-bond donors (Lipinski definition) is 2. The average molecular weight is 747 g/mol. The highest BCUT2D eigenvalue weighted by Gasteiger charge is 2.19. The normalized spacial score (nSPS) is 11.6. The minimum atomic E-state index is 0.188. The van der Waals surface area contributed by atoms with E-state index in [4.69, 9.17) is 0 Å². The Bertz CT molecular complexity index is 640. The van der Waals surface area contributed by atoms with Crippen molar-refractivity contribution < 1.29 is 9.59 Å². The van der Waals surface area contributed by atoms with Gasteiger partial charge in [-0.1, -0.05) is 233 Å². The van der Waals surface area contributed by atoms with Crippen molar-refractivity contribution in [2.75, 3.05) is 13.1 Å². The first-order valence-corrected chi connectivity index (χ1v) is 24.7. The van der Waals surface area contributed by atoms with Gasteiger partial charge < -0.3 is 10.6 Å². The lowest BCUT2D eigenvalue weighted by molar-refractivity contribution is -0.126. The molecule has 0 aliphatic heterocycles. The lowest BCUT2D eigenvalue weighted by atomic mass is 9.93. The van der Waals surface area contributed by atoms with Crippen molar-refractivity contribution in [1.82, 2.24) is 10.6 Å². The summed E-state index contributed by atoms with van der Waals surface area (Å²) in [5.74, 6) is 0.977. The van der Waals surface area contributed by atoms with Gasteiger partial charge in [-0.05, 0) is 44.9 Å². The molecule has 0 aromatic carbocycles. The molecule has 2 N–H and O–H groups in total. The summed E-state index contributed by atoms with van der Waals surface area (Å²) >= 11 is 0. The van der Waals surface area contributed by atoms with Crippen LogP contribution < -0.4 is 10.6 Å². The Kier molecular flexibility index (Phi) is 42.8. The van der Waals surface area contributed by atoms with Crippen molar-refractivity contribution in [2.24, 2.45) is 11.8 Å². The summed E-state index contributed by atoms with van der Waals surface area (Å²) in [6.07, 6.45) is 49.6. The van der Waals surface area contributed by atoms with Gasteiger partial charge >= 0.3 is 0 Å².